The summed E-state index contributed by atoms with van der Waals surface area (Å²) in [7, 11) is 0. The molecule has 26 heavy (non-hydrogen) atoms. The molecule has 4 nitrogen and oxygen atoms in total. The highest BCUT2D eigenvalue weighted by Gasteiger charge is 2.42. The van der Waals surface area contributed by atoms with E-state index in [2.05, 4.69) is 37.4 Å². The molecule has 0 bridgehead atoms. The molecule has 0 spiro atoms. The Morgan fingerprint density at radius 3 is 2.42 bits per heavy atom. The zero-order valence-corrected chi connectivity index (χ0v) is 16.0. The summed E-state index contributed by atoms with van der Waals surface area (Å²) in [6, 6.07) is 7.20. The van der Waals surface area contributed by atoms with Gasteiger partial charge in [0.15, 0.2) is 0 Å². The molecular weight excluding hydrogens is 324 g/mol. The van der Waals surface area contributed by atoms with Crippen molar-refractivity contribution in [2.45, 2.75) is 70.3 Å². The van der Waals surface area contributed by atoms with Gasteiger partial charge < -0.3 is 10.2 Å². The highest BCUT2D eigenvalue weighted by atomic mass is 16.2. The van der Waals surface area contributed by atoms with Crippen LogP contribution < -0.4 is 5.32 Å². The monoisotopic (exact) mass is 354 g/mol. The second kappa shape index (κ2) is 6.71. The van der Waals surface area contributed by atoms with Crippen LogP contribution in [0, 0.1) is 19.8 Å². The Bertz CT molecular complexity index is 697. The smallest absolute Gasteiger partial charge is 0.225 e. The van der Waals surface area contributed by atoms with Crippen LogP contribution in [0.5, 0.6) is 0 Å². The third-order valence-corrected chi connectivity index (χ3v) is 6.51. The fourth-order valence-corrected chi connectivity index (χ4v) is 4.95. The summed E-state index contributed by atoms with van der Waals surface area (Å²) in [5.74, 6) is 0.0653. The number of nitrogens with zero attached hydrogens (tertiary/aromatic N) is 1. The number of carbonyl (C=O) groups excluding carboxylic acids is 2. The second-order valence-corrected chi connectivity index (χ2v) is 8.76. The van der Waals surface area contributed by atoms with Gasteiger partial charge in [-0.1, -0.05) is 42.2 Å². The Balaban J connectivity index is 1.44. The van der Waals surface area contributed by atoms with Crippen molar-refractivity contribution in [2.24, 2.45) is 5.92 Å². The molecule has 3 fully saturated rings. The maximum Gasteiger partial charge on any atom is 0.225 e. The molecule has 1 saturated heterocycles. The Morgan fingerprint density at radius 1 is 1.15 bits per heavy atom. The fourth-order valence-electron chi connectivity index (χ4n) is 4.95. The number of rotatable bonds is 5. The summed E-state index contributed by atoms with van der Waals surface area (Å²) in [6.07, 6.45) is 7.31. The van der Waals surface area contributed by atoms with Gasteiger partial charge in [-0.3, -0.25) is 9.59 Å². The van der Waals surface area contributed by atoms with Crippen molar-refractivity contribution in [3.05, 3.63) is 34.9 Å². The Labute approximate surface area is 156 Å². The van der Waals surface area contributed by atoms with Crippen LogP contribution in [0.2, 0.25) is 0 Å². The minimum atomic E-state index is -0.166. The summed E-state index contributed by atoms with van der Waals surface area (Å²) in [4.78, 5) is 26.8. The van der Waals surface area contributed by atoms with Crippen molar-refractivity contribution in [1.29, 1.82) is 0 Å². The molecule has 2 saturated carbocycles. The molecule has 1 heterocycles. The van der Waals surface area contributed by atoms with Crippen LogP contribution in [0.25, 0.3) is 0 Å². The van der Waals surface area contributed by atoms with E-state index in [0.29, 0.717) is 25.6 Å². The van der Waals surface area contributed by atoms with E-state index >= 15 is 0 Å². The first-order valence-corrected chi connectivity index (χ1v) is 10.1. The molecule has 3 aliphatic rings. The Kier molecular flexibility index (Phi) is 4.54. The van der Waals surface area contributed by atoms with Gasteiger partial charge in [0.2, 0.25) is 11.8 Å². The van der Waals surface area contributed by atoms with E-state index in [1.165, 1.54) is 29.5 Å². The van der Waals surface area contributed by atoms with Crippen LogP contribution in [0.1, 0.15) is 61.6 Å². The lowest BCUT2D eigenvalue weighted by Crippen LogP contribution is -2.42. The first-order chi connectivity index (χ1) is 12.5. The average molecular weight is 354 g/mol. The summed E-state index contributed by atoms with van der Waals surface area (Å²) in [6.45, 7) is 5.61. The molecule has 2 aliphatic carbocycles. The predicted octanol–water partition coefficient (Wildman–Crippen LogP) is 3.24. The lowest BCUT2D eigenvalue weighted by atomic mass is 9.77. The molecule has 1 aromatic rings. The maximum absolute atomic E-state index is 12.8. The molecule has 2 amide bonds. The van der Waals surface area contributed by atoms with Crippen LogP contribution in [0.3, 0.4) is 0 Å². The van der Waals surface area contributed by atoms with Crippen molar-refractivity contribution < 1.29 is 9.59 Å². The summed E-state index contributed by atoms with van der Waals surface area (Å²) >= 11 is 0. The van der Waals surface area contributed by atoms with Gasteiger partial charge in [0, 0.05) is 31.0 Å². The summed E-state index contributed by atoms with van der Waals surface area (Å²) < 4.78 is 0. The Morgan fingerprint density at radius 2 is 1.81 bits per heavy atom. The quantitative estimate of drug-likeness (QED) is 0.882. The van der Waals surface area contributed by atoms with Crippen molar-refractivity contribution in [2.75, 3.05) is 13.1 Å². The minimum absolute atomic E-state index is 0.0607. The van der Waals surface area contributed by atoms with Gasteiger partial charge in [0.05, 0.1) is 5.92 Å². The van der Waals surface area contributed by atoms with Crippen LogP contribution in [-0.2, 0) is 15.0 Å². The molecule has 1 aliphatic heterocycles. The van der Waals surface area contributed by atoms with Crippen LogP contribution in [0.4, 0.5) is 0 Å². The molecule has 1 unspecified atom stereocenters. The number of hydrogen-bond donors (Lipinski definition) is 1. The molecule has 1 aromatic carbocycles. The van der Waals surface area contributed by atoms with Gasteiger partial charge >= 0.3 is 0 Å². The second-order valence-electron chi connectivity index (χ2n) is 8.76. The van der Waals surface area contributed by atoms with Crippen molar-refractivity contribution in [1.82, 2.24) is 10.2 Å². The first kappa shape index (κ1) is 17.6. The lowest BCUT2D eigenvalue weighted by molar-refractivity contribution is -0.129. The third-order valence-electron chi connectivity index (χ3n) is 6.51. The number of hydrogen-bond acceptors (Lipinski definition) is 2. The molecule has 140 valence electrons. The van der Waals surface area contributed by atoms with Crippen LogP contribution in [0.15, 0.2) is 18.2 Å². The van der Waals surface area contributed by atoms with Gasteiger partial charge in [0.1, 0.15) is 0 Å². The summed E-state index contributed by atoms with van der Waals surface area (Å²) in [5.41, 5.74) is 4.01. The largest absolute Gasteiger partial charge is 0.355 e. The standard InChI is InChI=1S/C22H30N2O2/c1-15-9-16(2)11-18(10-15)22(7-3-4-8-22)14-23-21(26)17-12-20(25)24(13-17)19-5-6-19/h9-11,17,19H,3-8,12-14H2,1-2H3,(H,23,26). The highest BCUT2D eigenvalue weighted by Crippen LogP contribution is 2.41. The number of likely N-dealkylation sites (tertiary alicyclic amines) is 1. The van der Waals surface area contributed by atoms with E-state index in [-0.39, 0.29) is 23.1 Å². The molecule has 4 heteroatoms. The van der Waals surface area contributed by atoms with Gasteiger partial charge in [-0.15, -0.1) is 0 Å². The topological polar surface area (TPSA) is 49.4 Å². The third kappa shape index (κ3) is 3.38. The predicted molar refractivity (Wildman–Crippen MR) is 102 cm³/mol. The Hall–Kier alpha value is -1.84. The van der Waals surface area contributed by atoms with Crippen molar-refractivity contribution in [3.63, 3.8) is 0 Å². The van der Waals surface area contributed by atoms with E-state index in [0.717, 1.165) is 25.7 Å². The number of aryl methyl sites for hydroxylation is 2. The normalized spacial score (nSPS) is 24.9. The zero-order valence-electron chi connectivity index (χ0n) is 16.0. The van der Waals surface area contributed by atoms with Gasteiger partial charge in [0.25, 0.3) is 0 Å². The summed E-state index contributed by atoms with van der Waals surface area (Å²) in [5, 5.41) is 3.23. The highest BCUT2D eigenvalue weighted by molar-refractivity contribution is 5.89. The van der Waals surface area contributed by atoms with Gasteiger partial charge in [-0.2, -0.15) is 0 Å². The number of nitrogens with one attached hydrogen (secondary N) is 1. The molecule has 0 aromatic heterocycles. The molecule has 1 N–H and O–H groups in total. The van der Waals surface area contributed by atoms with E-state index in [1.54, 1.807) is 0 Å². The average Bonchev–Trinajstić information content (AvgIpc) is 3.18. The minimum Gasteiger partial charge on any atom is -0.355 e. The number of amides is 2. The molecule has 4 rings (SSSR count). The van der Waals surface area contributed by atoms with E-state index in [4.69, 9.17) is 0 Å². The van der Waals surface area contributed by atoms with Crippen LogP contribution in [-0.4, -0.2) is 35.8 Å². The first-order valence-electron chi connectivity index (χ1n) is 10.1. The lowest BCUT2D eigenvalue weighted by Gasteiger charge is -2.31. The van der Waals surface area contributed by atoms with E-state index < -0.39 is 0 Å². The molecular formula is C22H30N2O2. The SMILES string of the molecule is Cc1cc(C)cc(C2(CNC(=O)C3CC(=O)N(C4CC4)C3)CCCC2)c1. The van der Waals surface area contributed by atoms with Crippen molar-refractivity contribution >= 4 is 11.8 Å². The van der Waals surface area contributed by atoms with E-state index in [1.807, 2.05) is 4.90 Å². The number of benzene rings is 1. The zero-order chi connectivity index (χ0) is 18.3. The molecule has 0 radical (unpaired) electrons. The number of carbonyl (C=O) groups is 2. The van der Waals surface area contributed by atoms with Crippen molar-refractivity contribution in [3.8, 4) is 0 Å². The van der Waals surface area contributed by atoms with E-state index in [9.17, 15) is 9.59 Å². The van der Waals surface area contributed by atoms with Gasteiger partial charge in [-0.05, 0) is 45.1 Å². The fraction of sp³-hybridized carbons (Fsp3) is 0.636. The molecule has 1 atom stereocenters. The van der Waals surface area contributed by atoms with Crippen LogP contribution >= 0.6 is 0 Å². The van der Waals surface area contributed by atoms with Gasteiger partial charge in [-0.25, -0.2) is 0 Å². The maximum atomic E-state index is 12.8.